The van der Waals surface area contributed by atoms with Gasteiger partial charge in [0.25, 0.3) is 5.56 Å². The number of aromatic nitrogens is 3. The average Bonchev–Trinajstić information content (AvgIpc) is 3.25. The number of methoxy groups -OCH3 is 1. The Labute approximate surface area is 272 Å². The summed E-state index contributed by atoms with van der Waals surface area (Å²) in [4.78, 5) is 31.1. The molecular weight excluding hydrogens is 628 g/mol. The molecule has 2 aromatic heterocycles. The van der Waals surface area contributed by atoms with E-state index in [2.05, 4.69) is 15.6 Å². The number of rotatable bonds is 12. The summed E-state index contributed by atoms with van der Waals surface area (Å²) in [6.07, 6.45) is -0.179. The Morgan fingerprint density at radius 1 is 1.00 bits per heavy atom. The molecule has 0 aliphatic carbocycles. The van der Waals surface area contributed by atoms with E-state index in [1.807, 2.05) is 37.3 Å². The van der Waals surface area contributed by atoms with E-state index in [0.29, 0.717) is 22.2 Å². The number of halogens is 1. The Bertz CT molecular complexity index is 2040. The Kier molecular flexibility index (Phi) is 9.80. The first kappa shape index (κ1) is 32.7. The van der Waals surface area contributed by atoms with Crippen LogP contribution >= 0.6 is 11.6 Å². The van der Waals surface area contributed by atoms with Crippen molar-refractivity contribution in [3.05, 3.63) is 106 Å². The SMILES string of the molecule is COc1ccc(S(=O)(=O)N(CCNc2cc(C)nc3ccc(Cl)cc23)CCC(=O)Nc2c(C)n(C)n(-c3ccccc3)c2=O)cc1. The van der Waals surface area contributed by atoms with Gasteiger partial charge in [0.05, 0.1) is 28.9 Å². The van der Waals surface area contributed by atoms with Crippen LogP contribution in [-0.2, 0) is 21.9 Å². The first-order valence-electron chi connectivity index (χ1n) is 14.6. The van der Waals surface area contributed by atoms with E-state index in [1.165, 1.54) is 28.2 Å². The molecule has 0 atom stereocenters. The number of nitrogens with one attached hydrogen (secondary N) is 2. The Morgan fingerprint density at radius 2 is 1.72 bits per heavy atom. The van der Waals surface area contributed by atoms with Crippen molar-refractivity contribution in [2.24, 2.45) is 7.05 Å². The largest absolute Gasteiger partial charge is 0.497 e. The molecule has 0 saturated heterocycles. The molecule has 1 amide bonds. The zero-order chi connectivity index (χ0) is 33.0. The molecule has 46 heavy (non-hydrogen) atoms. The van der Waals surface area contributed by atoms with Crippen molar-refractivity contribution in [1.29, 1.82) is 0 Å². The molecule has 0 radical (unpaired) electrons. The number of nitrogens with zero attached hydrogens (tertiary/aromatic N) is 4. The first-order valence-corrected chi connectivity index (χ1v) is 16.4. The lowest BCUT2D eigenvalue weighted by atomic mass is 10.1. The molecule has 11 nitrogen and oxygen atoms in total. The second-order valence-corrected chi connectivity index (χ2v) is 13.1. The number of anilines is 2. The summed E-state index contributed by atoms with van der Waals surface area (Å²) < 4.78 is 37.2. The highest BCUT2D eigenvalue weighted by molar-refractivity contribution is 7.89. The molecule has 0 saturated carbocycles. The van der Waals surface area contributed by atoms with Crippen LogP contribution in [0.1, 0.15) is 17.8 Å². The van der Waals surface area contributed by atoms with E-state index < -0.39 is 15.9 Å². The fourth-order valence-electron chi connectivity index (χ4n) is 5.18. The van der Waals surface area contributed by atoms with Gasteiger partial charge in [0.1, 0.15) is 11.4 Å². The van der Waals surface area contributed by atoms with Gasteiger partial charge in [-0.25, -0.2) is 13.1 Å². The van der Waals surface area contributed by atoms with Gasteiger partial charge in [0.15, 0.2) is 0 Å². The fourth-order valence-corrected chi connectivity index (χ4v) is 6.79. The second-order valence-electron chi connectivity index (χ2n) is 10.7. The number of amides is 1. The van der Waals surface area contributed by atoms with Gasteiger partial charge in [-0.15, -0.1) is 0 Å². The van der Waals surface area contributed by atoms with Gasteiger partial charge in [0.2, 0.25) is 15.9 Å². The smallest absolute Gasteiger partial charge is 0.295 e. The molecule has 2 heterocycles. The van der Waals surface area contributed by atoms with E-state index in [0.717, 1.165) is 22.3 Å². The molecule has 0 aliphatic heterocycles. The molecule has 5 aromatic rings. The van der Waals surface area contributed by atoms with Gasteiger partial charge < -0.3 is 15.4 Å². The molecule has 240 valence electrons. The lowest BCUT2D eigenvalue weighted by molar-refractivity contribution is -0.116. The van der Waals surface area contributed by atoms with E-state index in [1.54, 1.807) is 55.1 Å². The molecule has 0 unspecified atom stereocenters. The monoisotopic (exact) mass is 662 g/mol. The molecule has 3 aromatic carbocycles. The summed E-state index contributed by atoms with van der Waals surface area (Å²) in [6, 6.07) is 22.4. The third-order valence-electron chi connectivity index (χ3n) is 7.68. The van der Waals surface area contributed by atoms with Crippen LogP contribution in [0.5, 0.6) is 5.75 Å². The van der Waals surface area contributed by atoms with Gasteiger partial charge >= 0.3 is 0 Å². The Morgan fingerprint density at radius 3 is 2.41 bits per heavy atom. The van der Waals surface area contributed by atoms with Gasteiger partial charge in [-0.3, -0.25) is 19.3 Å². The summed E-state index contributed by atoms with van der Waals surface area (Å²) in [7, 11) is -0.773. The Hall–Kier alpha value is -4.65. The summed E-state index contributed by atoms with van der Waals surface area (Å²) in [6.45, 7) is 3.78. The van der Waals surface area contributed by atoms with Gasteiger partial charge in [-0.2, -0.15) is 4.31 Å². The molecule has 0 spiro atoms. The molecule has 0 fully saturated rings. The summed E-state index contributed by atoms with van der Waals surface area (Å²) in [5.41, 5.74) is 3.29. The van der Waals surface area contributed by atoms with E-state index in [4.69, 9.17) is 16.3 Å². The number of carbonyl (C=O) groups excluding carboxylic acids is 1. The standard InChI is InChI=1S/C33H35ClN6O5S/c1-22-20-30(28-21-24(34)10-15-29(28)36-22)35-17-19-39(46(43,44)27-13-11-26(45-4)12-14-27)18-16-31(41)37-32-23(2)38(3)40(33(32)42)25-8-6-5-7-9-25/h5-15,20-21H,16-19H2,1-4H3,(H,35,36)(H,37,41). The van der Waals surface area contributed by atoms with Crippen molar-refractivity contribution < 1.29 is 17.9 Å². The predicted molar refractivity (Wildman–Crippen MR) is 181 cm³/mol. The minimum Gasteiger partial charge on any atom is -0.497 e. The maximum Gasteiger partial charge on any atom is 0.295 e. The zero-order valence-corrected chi connectivity index (χ0v) is 27.5. The summed E-state index contributed by atoms with van der Waals surface area (Å²) in [5, 5.41) is 7.40. The van der Waals surface area contributed by atoms with Crippen LogP contribution in [-0.4, -0.2) is 59.7 Å². The zero-order valence-electron chi connectivity index (χ0n) is 26.0. The number of ether oxygens (including phenoxy) is 1. The average molecular weight is 663 g/mol. The second kappa shape index (κ2) is 13.8. The first-order chi connectivity index (χ1) is 22.0. The minimum absolute atomic E-state index is 0.0518. The van der Waals surface area contributed by atoms with Gasteiger partial charge in [-0.1, -0.05) is 29.8 Å². The van der Waals surface area contributed by atoms with Crippen LogP contribution in [0.25, 0.3) is 16.6 Å². The van der Waals surface area contributed by atoms with Crippen molar-refractivity contribution in [3.63, 3.8) is 0 Å². The van der Waals surface area contributed by atoms with Crippen molar-refractivity contribution >= 4 is 49.8 Å². The number of sulfonamides is 1. The molecule has 0 bridgehead atoms. The molecule has 0 aliphatic rings. The highest BCUT2D eigenvalue weighted by atomic mass is 35.5. The van der Waals surface area contributed by atoms with Crippen LogP contribution in [0.4, 0.5) is 11.4 Å². The normalized spacial score (nSPS) is 11.6. The maximum absolute atomic E-state index is 13.8. The third kappa shape index (κ3) is 6.94. The number of aryl methyl sites for hydroxylation is 1. The number of hydrogen-bond donors (Lipinski definition) is 2. The van der Waals surface area contributed by atoms with Crippen LogP contribution < -0.4 is 20.9 Å². The highest BCUT2D eigenvalue weighted by Gasteiger charge is 2.26. The summed E-state index contributed by atoms with van der Waals surface area (Å²) in [5.74, 6) is 0.0313. The molecule has 5 rings (SSSR count). The van der Waals surface area contributed by atoms with E-state index >= 15 is 0 Å². The molecule has 13 heteroatoms. The highest BCUT2D eigenvalue weighted by Crippen LogP contribution is 2.27. The van der Waals surface area contributed by atoms with Crippen molar-refractivity contribution in [1.82, 2.24) is 18.7 Å². The van der Waals surface area contributed by atoms with E-state index in [9.17, 15) is 18.0 Å². The number of pyridine rings is 1. The number of para-hydroxylation sites is 1. The maximum atomic E-state index is 13.8. The van der Waals surface area contributed by atoms with Crippen LogP contribution in [0.3, 0.4) is 0 Å². The van der Waals surface area contributed by atoms with Crippen molar-refractivity contribution in [2.75, 3.05) is 37.4 Å². The predicted octanol–water partition coefficient (Wildman–Crippen LogP) is 5.13. The number of benzene rings is 3. The minimum atomic E-state index is -4.01. The number of hydrogen-bond acceptors (Lipinski definition) is 7. The van der Waals surface area contributed by atoms with E-state index in [-0.39, 0.29) is 42.2 Å². The third-order valence-corrected chi connectivity index (χ3v) is 9.83. The molecular formula is C33H35ClN6O5S. The van der Waals surface area contributed by atoms with Gasteiger partial charge in [0, 0.05) is 54.9 Å². The molecule has 2 N–H and O–H groups in total. The van der Waals surface area contributed by atoms with Crippen molar-refractivity contribution in [2.45, 2.75) is 25.2 Å². The van der Waals surface area contributed by atoms with Crippen LogP contribution in [0, 0.1) is 13.8 Å². The lowest BCUT2D eigenvalue weighted by Crippen LogP contribution is -2.37. The van der Waals surface area contributed by atoms with Crippen molar-refractivity contribution in [3.8, 4) is 11.4 Å². The number of carbonyl (C=O) groups is 1. The van der Waals surface area contributed by atoms with Crippen LogP contribution in [0.2, 0.25) is 5.02 Å². The summed E-state index contributed by atoms with van der Waals surface area (Å²) >= 11 is 6.24. The quantitative estimate of drug-likeness (QED) is 0.190. The number of fused-ring (bicyclic) bond motifs is 1. The Balaban J connectivity index is 1.36. The lowest BCUT2D eigenvalue weighted by Gasteiger charge is -2.23. The van der Waals surface area contributed by atoms with Gasteiger partial charge in [-0.05, 0) is 74.5 Å². The fraction of sp³-hybridized carbons (Fsp3) is 0.242. The van der Waals surface area contributed by atoms with Crippen LogP contribution in [0.15, 0.2) is 88.6 Å². The topological polar surface area (TPSA) is 128 Å².